The molecule has 0 aliphatic heterocycles. The summed E-state index contributed by atoms with van der Waals surface area (Å²) in [6, 6.07) is 19.8. The van der Waals surface area contributed by atoms with E-state index >= 15 is 0 Å². The summed E-state index contributed by atoms with van der Waals surface area (Å²) in [7, 11) is -3.65. The van der Waals surface area contributed by atoms with Gasteiger partial charge in [0.2, 0.25) is 10.0 Å². The molecule has 1 amide bonds. The Hall–Kier alpha value is -2.78. The molecule has 0 N–H and O–H groups in total. The molecule has 1 aromatic heterocycles. The monoisotopic (exact) mass is 581 g/mol. The van der Waals surface area contributed by atoms with Crippen LogP contribution in [0.3, 0.4) is 0 Å². The zero-order valence-corrected chi connectivity index (χ0v) is 24.5. The highest BCUT2D eigenvalue weighted by molar-refractivity contribution is 7.89. The Morgan fingerprint density at radius 3 is 2.38 bits per heavy atom. The maximum absolute atomic E-state index is 13.9. The van der Waals surface area contributed by atoms with Gasteiger partial charge in [0, 0.05) is 23.2 Å². The third kappa shape index (κ3) is 5.89. The van der Waals surface area contributed by atoms with Gasteiger partial charge < -0.3 is 0 Å². The minimum absolute atomic E-state index is 0.0346. The van der Waals surface area contributed by atoms with Gasteiger partial charge in [-0.1, -0.05) is 79.5 Å². The van der Waals surface area contributed by atoms with Crippen molar-refractivity contribution >= 4 is 54.2 Å². The summed E-state index contributed by atoms with van der Waals surface area (Å²) in [5.41, 5.74) is 3.12. The first kappa shape index (κ1) is 27.8. The molecule has 9 heteroatoms. The number of carbonyl (C=O) groups is 1. The molecule has 5 rings (SSSR count). The molecule has 204 valence electrons. The van der Waals surface area contributed by atoms with Gasteiger partial charge in [0.05, 0.1) is 21.7 Å². The molecule has 0 saturated heterocycles. The molecular weight excluding hydrogens is 550 g/mol. The molecule has 3 aromatic carbocycles. The number of anilines is 1. The number of fused-ring (bicyclic) bond motifs is 1. The number of sulfonamides is 1. The number of nitrogens with zero attached hydrogens (tertiary/aromatic N) is 3. The lowest BCUT2D eigenvalue weighted by molar-refractivity contribution is 0.0985. The Kier molecular flexibility index (Phi) is 8.38. The Bertz CT molecular complexity index is 1560. The van der Waals surface area contributed by atoms with Gasteiger partial charge >= 0.3 is 0 Å². The summed E-state index contributed by atoms with van der Waals surface area (Å²) in [4.78, 5) is 20.5. The summed E-state index contributed by atoms with van der Waals surface area (Å²) >= 11 is 7.69. The molecule has 1 aliphatic carbocycles. The van der Waals surface area contributed by atoms with Gasteiger partial charge in [-0.05, 0) is 67.3 Å². The maximum Gasteiger partial charge on any atom is 0.260 e. The molecule has 6 nitrogen and oxygen atoms in total. The van der Waals surface area contributed by atoms with Crippen LogP contribution in [0.25, 0.3) is 10.2 Å². The van der Waals surface area contributed by atoms with Crippen LogP contribution in [0.5, 0.6) is 0 Å². The van der Waals surface area contributed by atoms with Crippen molar-refractivity contribution in [1.82, 2.24) is 9.29 Å². The second-order valence-electron chi connectivity index (χ2n) is 9.97. The standard InChI is InChI=1S/C30H32ClN3O3S2/c1-3-34(25-12-8-5-9-13-25)39(36,37)26-16-14-23(15-17-26)29(35)33(20-22-10-6-4-7-11-22)30-32-28-21(2)18-24(31)19-27(28)38-30/h4,6-7,10-11,14-19,25H,3,5,8-9,12-13,20H2,1-2H3. The third-order valence-electron chi connectivity index (χ3n) is 7.30. The van der Waals surface area contributed by atoms with Crippen molar-refractivity contribution in [3.8, 4) is 0 Å². The van der Waals surface area contributed by atoms with E-state index in [-0.39, 0.29) is 16.8 Å². The van der Waals surface area contributed by atoms with Gasteiger partial charge in [0.25, 0.3) is 5.91 Å². The van der Waals surface area contributed by atoms with E-state index in [4.69, 9.17) is 16.6 Å². The van der Waals surface area contributed by atoms with Gasteiger partial charge in [-0.3, -0.25) is 9.69 Å². The van der Waals surface area contributed by atoms with Crippen LogP contribution in [-0.4, -0.2) is 36.2 Å². The predicted octanol–water partition coefficient (Wildman–Crippen LogP) is 7.45. The van der Waals surface area contributed by atoms with Crippen molar-refractivity contribution < 1.29 is 13.2 Å². The third-order valence-corrected chi connectivity index (χ3v) is 10.6. The summed E-state index contributed by atoms with van der Waals surface area (Å²) in [6.45, 7) is 4.60. The van der Waals surface area contributed by atoms with E-state index in [1.165, 1.54) is 11.3 Å². The second-order valence-corrected chi connectivity index (χ2v) is 13.3. The summed E-state index contributed by atoms with van der Waals surface area (Å²) < 4.78 is 29.6. The lowest BCUT2D eigenvalue weighted by Gasteiger charge is -2.32. The fourth-order valence-electron chi connectivity index (χ4n) is 5.30. The smallest absolute Gasteiger partial charge is 0.260 e. The number of hydrogen-bond donors (Lipinski definition) is 0. The van der Waals surface area contributed by atoms with Crippen molar-refractivity contribution in [1.29, 1.82) is 0 Å². The van der Waals surface area contributed by atoms with Crippen LogP contribution in [-0.2, 0) is 16.6 Å². The molecule has 39 heavy (non-hydrogen) atoms. The van der Waals surface area contributed by atoms with Crippen LogP contribution in [0.1, 0.15) is 60.5 Å². The van der Waals surface area contributed by atoms with Crippen molar-refractivity contribution in [2.45, 2.75) is 63.4 Å². The first-order valence-electron chi connectivity index (χ1n) is 13.3. The summed E-state index contributed by atoms with van der Waals surface area (Å²) in [5, 5.41) is 1.19. The number of amides is 1. The van der Waals surface area contributed by atoms with E-state index in [9.17, 15) is 13.2 Å². The predicted molar refractivity (Wildman–Crippen MR) is 159 cm³/mol. The van der Waals surface area contributed by atoms with Gasteiger partial charge in [-0.2, -0.15) is 4.31 Å². The number of aromatic nitrogens is 1. The molecule has 1 aliphatic rings. The first-order valence-corrected chi connectivity index (χ1v) is 16.0. The van der Waals surface area contributed by atoms with Crippen molar-refractivity contribution in [3.63, 3.8) is 0 Å². The van der Waals surface area contributed by atoms with Crippen molar-refractivity contribution in [2.75, 3.05) is 11.4 Å². The molecule has 1 saturated carbocycles. The zero-order chi connectivity index (χ0) is 27.6. The molecule has 0 radical (unpaired) electrons. The topological polar surface area (TPSA) is 70.6 Å². The maximum atomic E-state index is 13.9. The lowest BCUT2D eigenvalue weighted by atomic mass is 9.95. The number of thiazole rings is 1. The molecule has 1 fully saturated rings. The summed E-state index contributed by atoms with van der Waals surface area (Å²) in [5.74, 6) is -0.245. The van der Waals surface area contributed by atoms with Crippen LogP contribution in [0.4, 0.5) is 5.13 Å². The Morgan fingerprint density at radius 1 is 1.03 bits per heavy atom. The summed E-state index contributed by atoms with van der Waals surface area (Å²) in [6.07, 6.45) is 5.05. The molecule has 0 atom stereocenters. The zero-order valence-electron chi connectivity index (χ0n) is 22.1. The minimum atomic E-state index is -3.65. The van der Waals surface area contributed by atoms with Crippen LogP contribution in [0, 0.1) is 6.92 Å². The van der Waals surface area contributed by atoms with E-state index in [1.807, 2.05) is 56.3 Å². The van der Waals surface area contributed by atoms with E-state index in [2.05, 4.69) is 0 Å². The molecule has 1 heterocycles. The molecule has 0 spiro atoms. The fraction of sp³-hybridized carbons (Fsp3) is 0.333. The fourth-order valence-corrected chi connectivity index (χ4v) is 8.42. The number of aryl methyl sites for hydroxylation is 1. The van der Waals surface area contributed by atoms with Crippen LogP contribution >= 0.6 is 22.9 Å². The highest BCUT2D eigenvalue weighted by Crippen LogP contribution is 2.35. The molecule has 0 bridgehead atoms. The Balaban J connectivity index is 1.47. The number of hydrogen-bond acceptors (Lipinski definition) is 5. The minimum Gasteiger partial charge on any atom is -0.279 e. The highest BCUT2D eigenvalue weighted by atomic mass is 35.5. The molecular formula is C30H32ClN3O3S2. The average molecular weight is 582 g/mol. The molecule has 4 aromatic rings. The van der Waals surface area contributed by atoms with Gasteiger partial charge in [-0.15, -0.1) is 0 Å². The van der Waals surface area contributed by atoms with E-state index in [0.717, 1.165) is 53.4 Å². The quantitative estimate of drug-likeness (QED) is 0.217. The van der Waals surface area contributed by atoms with Crippen LogP contribution < -0.4 is 4.90 Å². The van der Waals surface area contributed by atoms with E-state index in [1.54, 1.807) is 33.5 Å². The molecule has 0 unspecified atom stereocenters. The SMILES string of the molecule is CCN(C1CCCCC1)S(=O)(=O)c1ccc(C(=O)N(Cc2ccccc2)c2nc3c(C)cc(Cl)cc3s2)cc1. The normalized spacial score (nSPS) is 14.7. The Morgan fingerprint density at radius 2 is 1.72 bits per heavy atom. The first-order chi connectivity index (χ1) is 18.8. The largest absolute Gasteiger partial charge is 0.279 e. The van der Waals surface area contributed by atoms with Gasteiger partial charge in [0.15, 0.2) is 5.13 Å². The van der Waals surface area contributed by atoms with E-state index < -0.39 is 10.0 Å². The number of carbonyl (C=O) groups excluding carboxylic acids is 1. The van der Waals surface area contributed by atoms with Gasteiger partial charge in [-0.25, -0.2) is 13.4 Å². The van der Waals surface area contributed by atoms with Crippen LogP contribution in [0.15, 0.2) is 71.6 Å². The van der Waals surface area contributed by atoms with Crippen molar-refractivity contribution in [2.24, 2.45) is 0 Å². The van der Waals surface area contributed by atoms with Crippen LogP contribution in [0.2, 0.25) is 5.02 Å². The average Bonchev–Trinajstić information content (AvgIpc) is 3.37. The number of halogens is 1. The second kappa shape index (κ2) is 11.8. The number of benzene rings is 3. The number of rotatable bonds is 8. The van der Waals surface area contributed by atoms with E-state index in [0.29, 0.717) is 28.8 Å². The lowest BCUT2D eigenvalue weighted by Crippen LogP contribution is -2.41. The van der Waals surface area contributed by atoms with Crippen molar-refractivity contribution in [3.05, 3.63) is 88.4 Å². The van der Waals surface area contributed by atoms with Gasteiger partial charge in [0.1, 0.15) is 0 Å². The highest BCUT2D eigenvalue weighted by Gasteiger charge is 2.31. The Labute approximate surface area is 239 Å².